The van der Waals surface area contributed by atoms with Crippen molar-refractivity contribution in [3.05, 3.63) is 76.2 Å². The first-order valence-corrected chi connectivity index (χ1v) is 7.46. The fourth-order valence-electron chi connectivity index (χ4n) is 2.07. The molecule has 1 N–H and O–H groups in total. The molecule has 0 fully saturated rings. The lowest BCUT2D eigenvalue weighted by Crippen LogP contribution is -2.09. The van der Waals surface area contributed by atoms with Gasteiger partial charge < -0.3 is 10.1 Å². The van der Waals surface area contributed by atoms with Gasteiger partial charge in [-0.1, -0.05) is 41.9 Å². The van der Waals surface area contributed by atoms with Crippen LogP contribution in [-0.2, 0) is 6.61 Å². The van der Waals surface area contributed by atoms with Crippen LogP contribution in [0, 0.1) is 5.82 Å². The van der Waals surface area contributed by atoms with Crippen molar-refractivity contribution >= 4 is 17.4 Å². The number of rotatable bonds is 6. The van der Waals surface area contributed by atoms with E-state index in [2.05, 4.69) is 5.32 Å². The lowest BCUT2D eigenvalue weighted by molar-refractivity contribution is 0.103. The van der Waals surface area contributed by atoms with Crippen molar-refractivity contribution in [1.82, 2.24) is 5.32 Å². The molecule has 3 nitrogen and oxygen atoms in total. The van der Waals surface area contributed by atoms with E-state index in [1.807, 2.05) is 30.3 Å². The van der Waals surface area contributed by atoms with Gasteiger partial charge in [0, 0.05) is 18.8 Å². The van der Waals surface area contributed by atoms with Crippen molar-refractivity contribution in [2.45, 2.75) is 13.5 Å². The zero-order valence-electron chi connectivity index (χ0n) is 12.9. The van der Waals surface area contributed by atoms with E-state index in [9.17, 15) is 9.18 Å². The fourth-order valence-corrected chi connectivity index (χ4v) is 2.36. The lowest BCUT2D eigenvalue weighted by Gasteiger charge is -2.12. The smallest absolute Gasteiger partial charge is 0.194 e. The van der Waals surface area contributed by atoms with Crippen molar-refractivity contribution in [3.8, 4) is 5.75 Å². The number of halogens is 2. The highest BCUT2D eigenvalue weighted by Gasteiger charge is 2.21. The molecule has 0 amide bonds. The van der Waals surface area contributed by atoms with Crippen LogP contribution in [0.3, 0.4) is 0 Å². The number of ketones is 1. The molecule has 0 saturated carbocycles. The molecular weight excluding hydrogens is 317 g/mol. The van der Waals surface area contributed by atoms with Crippen LogP contribution in [0.5, 0.6) is 5.75 Å². The number of ether oxygens (including phenoxy) is 1. The minimum atomic E-state index is -0.670. The third-order valence-electron chi connectivity index (χ3n) is 3.24. The van der Waals surface area contributed by atoms with Crippen LogP contribution in [0.1, 0.15) is 22.8 Å². The quantitative estimate of drug-likeness (QED) is 0.630. The minimum absolute atomic E-state index is 0.0187. The van der Waals surface area contributed by atoms with Gasteiger partial charge in [-0.25, -0.2) is 4.39 Å². The average Bonchev–Trinajstić information content (AvgIpc) is 2.55. The second-order valence-corrected chi connectivity index (χ2v) is 5.33. The monoisotopic (exact) mass is 333 g/mol. The zero-order valence-corrected chi connectivity index (χ0v) is 13.7. The van der Waals surface area contributed by atoms with Crippen LogP contribution < -0.4 is 10.1 Å². The second kappa shape index (κ2) is 7.79. The summed E-state index contributed by atoms with van der Waals surface area (Å²) in [7, 11) is 1.66. The van der Waals surface area contributed by atoms with Gasteiger partial charge in [-0.05, 0) is 24.6 Å². The highest BCUT2D eigenvalue weighted by molar-refractivity contribution is 6.36. The van der Waals surface area contributed by atoms with Crippen LogP contribution >= 0.6 is 11.6 Å². The number of benzene rings is 2. The van der Waals surface area contributed by atoms with E-state index in [4.69, 9.17) is 16.3 Å². The van der Waals surface area contributed by atoms with Crippen LogP contribution in [0.25, 0.3) is 0 Å². The van der Waals surface area contributed by atoms with Gasteiger partial charge in [0.25, 0.3) is 0 Å². The summed E-state index contributed by atoms with van der Waals surface area (Å²) in [5.41, 5.74) is 1.13. The largest absolute Gasteiger partial charge is 0.487 e. The van der Waals surface area contributed by atoms with Gasteiger partial charge in [0.05, 0.1) is 10.6 Å². The molecule has 0 heterocycles. The van der Waals surface area contributed by atoms with Crippen molar-refractivity contribution in [1.29, 1.82) is 0 Å². The first-order valence-electron chi connectivity index (χ1n) is 7.08. The SMILES string of the molecule is CN/C=C(\C)C(=O)c1c(F)ccc(OCc2ccccc2)c1Cl. The molecule has 0 radical (unpaired) electrons. The molecule has 2 aromatic rings. The van der Waals surface area contributed by atoms with Crippen molar-refractivity contribution in [2.24, 2.45) is 0 Å². The normalized spacial score (nSPS) is 11.2. The van der Waals surface area contributed by atoms with Gasteiger partial charge >= 0.3 is 0 Å². The number of nitrogens with one attached hydrogen (secondary N) is 1. The molecule has 23 heavy (non-hydrogen) atoms. The third-order valence-corrected chi connectivity index (χ3v) is 3.61. The summed E-state index contributed by atoms with van der Waals surface area (Å²) in [5.74, 6) is -0.875. The molecule has 0 aliphatic heterocycles. The number of carbonyl (C=O) groups excluding carboxylic acids is 1. The second-order valence-electron chi connectivity index (χ2n) is 4.95. The van der Waals surface area contributed by atoms with Crippen molar-refractivity contribution in [3.63, 3.8) is 0 Å². The maximum atomic E-state index is 14.0. The molecular formula is C18H17ClFNO2. The summed E-state index contributed by atoms with van der Waals surface area (Å²) in [6.07, 6.45) is 1.50. The standard InChI is InChI=1S/C18H17ClFNO2/c1-12(10-21-2)18(22)16-14(20)8-9-15(17(16)19)23-11-13-6-4-3-5-7-13/h3-10,21H,11H2,1-2H3/b12-10+. The van der Waals surface area contributed by atoms with Crippen LogP contribution in [0.4, 0.5) is 4.39 Å². The Morgan fingerprint density at radius 2 is 1.96 bits per heavy atom. The number of hydrogen-bond donors (Lipinski definition) is 1. The average molecular weight is 334 g/mol. The van der Waals surface area contributed by atoms with E-state index in [1.165, 1.54) is 18.3 Å². The Morgan fingerprint density at radius 1 is 1.26 bits per heavy atom. The molecule has 120 valence electrons. The number of Topliss-reactive ketones (excluding diaryl/α,β-unsaturated/α-hetero) is 1. The minimum Gasteiger partial charge on any atom is -0.487 e. The van der Waals surface area contributed by atoms with Gasteiger partial charge in [-0.3, -0.25) is 4.79 Å². The molecule has 0 aliphatic carbocycles. The predicted octanol–water partition coefficient (Wildman–Crippen LogP) is 4.36. The summed E-state index contributed by atoms with van der Waals surface area (Å²) in [4.78, 5) is 12.3. The Balaban J connectivity index is 2.28. The molecule has 2 aromatic carbocycles. The Morgan fingerprint density at radius 3 is 2.61 bits per heavy atom. The first kappa shape index (κ1) is 17.0. The molecule has 0 saturated heterocycles. The fraction of sp³-hybridized carbons (Fsp3) is 0.167. The Labute approximate surface area is 139 Å². The number of hydrogen-bond acceptors (Lipinski definition) is 3. The van der Waals surface area contributed by atoms with E-state index < -0.39 is 11.6 Å². The van der Waals surface area contributed by atoms with E-state index in [0.717, 1.165) is 5.56 Å². The van der Waals surface area contributed by atoms with Crippen LogP contribution in [-0.4, -0.2) is 12.8 Å². The lowest BCUT2D eigenvalue weighted by atomic mass is 10.0. The number of carbonyl (C=O) groups is 1. The number of allylic oxidation sites excluding steroid dienone is 1. The summed E-state index contributed by atoms with van der Waals surface area (Å²) in [5, 5.41) is 2.72. The Hall–Kier alpha value is -2.33. The summed E-state index contributed by atoms with van der Waals surface area (Å²) >= 11 is 6.19. The van der Waals surface area contributed by atoms with Gasteiger partial charge in [0.2, 0.25) is 0 Å². The maximum Gasteiger partial charge on any atom is 0.194 e. The van der Waals surface area contributed by atoms with Gasteiger partial charge in [0.15, 0.2) is 5.78 Å². The summed E-state index contributed by atoms with van der Waals surface area (Å²) in [6, 6.07) is 12.1. The zero-order chi connectivity index (χ0) is 16.8. The van der Waals surface area contributed by atoms with Gasteiger partial charge in [-0.2, -0.15) is 0 Å². The van der Waals surface area contributed by atoms with Gasteiger partial charge in [-0.15, -0.1) is 0 Å². The van der Waals surface area contributed by atoms with Crippen molar-refractivity contribution in [2.75, 3.05) is 7.05 Å². The first-order chi connectivity index (χ1) is 11.0. The molecule has 2 rings (SSSR count). The Bertz CT molecular complexity index is 729. The van der Waals surface area contributed by atoms with Crippen molar-refractivity contribution < 1.29 is 13.9 Å². The highest BCUT2D eigenvalue weighted by Crippen LogP contribution is 2.32. The highest BCUT2D eigenvalue weighted by atomic mass is 35.5. The summed E-state index contributed by atoms with van der Waals surface area (Å²) < 4.78 is 19.7. The van der Waals surface area contributed by atoms with Crippen LogP contribution in [0.15, 0.2) is 54.2 Å². The predicted molar refractivity (Wildman–Crippen MR) is 89.3 cm³/mol. The van der Waals surface area contributed by atoms with E-state index in [1.54, 1.807) is 14.0 Å². The van der Waals surface area contributed by atoms with E-state index >= 15 is 0 Å². The molecule has 0 atom stereocenters. The molecule has 5 heteroatoms. The third kappa shape index (κ3) is 4.11. The maximum absolute atomic E-state index is 14.0. The summed E-state index contributed by atoms with van der Waals surface area (Å²) in [6.45, 7) is 1.87. The van der Waals surface area contributed by atoms with Gasteiger partial charge in [0.1, 0.15) is 18.2 Å². The van der Waals surface area contributed by atoms with Crippen LogP contribution in [0.2, 0.25) is 5.02 Å². The molecule has 0 spiro atoms. The Kier molecular flexibility index (Phi) is 5.77. The topological polar surface area (TPSA) is 38.3 Å². The molecule has 0 bridgehead atoms. The molecule has 0 unspecified atom stereocenters. The van der Waals surface area contributed by atoms with E-state index in [-0.39, 0.29) is 22.9 Å². The molecule has 0 aliphatic rings. The molecule has 0 aromatic heterocycles. The van der Waals surface area contributed by atoms with E-state index in [0.29, 0.717) is 5.57 Å².